The van der Waals surface area contributed by atoms with Crippen LogP contribution < -0.4 is 5.32 Å². The zero-order chi connectivity index (χ0) is 14.2. The van der Waals surface area contributed by atoms with Gasteiger partial charge in [-0.1, -0.05) is 33.2 Å². The zero-order valence-electron chi connectivity index (χ0n) is 11.0. The Kier molecular flexibility index (Phi) is 3.08. The molecular formula is C14H12BrN5O. The van der Waals surface area contributed by atoms with Gasteiger partial charge in [0.15, 0.2) is 0 Å². The average molecular weight is 346 g/mol. The fourth-order valence-electron chi connectivity index (χ4n) is 2.47. The molecule has 0 amide bonds. The van der Waals surface area contributed by atoms with Crippen molar-refractivity contribution in [3.63, 3.8) is 0 Å². The third-order valence-electron chi connectivity index (χ3n) is 3.58. The average Bonchev–Trinajstić information content (AvgIpc) is 3.16. The van der Waals surface area contributed by atoms with Crippen molar-refractivity contribution in [1.29, 1.82) is 0 Å². The third-order valence-corrected chi connectivity index (χ3v) is 4.28. The first kappa shape index (κ1) is 12.7. The van der Waals surface area contributed by atoms with Crippen LogP contribution in [0.3, 0.4) is 0 Å². The number of nitrogens with zero attached hydrogens (tertiary/aromatic N) is 3. The molecule has 3 heterocycles. The lowest BCUT2D eigenvalue weighted by Gasteiger charge is -2.19. The first-order valence-corrected chi connectivity index (χ1v) is 7.43. The number of aromatic amines is 1. The van der Waals surface area contributed by atoms with E-state index in [1.807, 2.05) is 24.3 Å². The molecule has 0 aliphatic carbocycles. The first-order chi connectivity index (χ1) is 10.3. The van der Waals surface area contributed by atoms with Gasteiger partial charge in [0.1, 0.15) is 0 Å². The molecule has 3 aromatic rings. The summed E-state index contributed by atoms with van der Waals surface area (Å²) in [6.45, 7) is 0.729. The van der Waals surface area contributed by atoms with Gasteiger partial charge in [0.25, 0.3) is 0 Å². The second-order valence-corrected chi connectivity index (χ2v) is 5.76. The molecule has 1 aliphatic rings. The van der Waals surface area contributed by atoms with E-state index < -0.39 is 0 Å². The SMILES string of the molecule is Brc1ccccc1-c1noc(C2Cc3nc[nH]c3CN2)n1. The molecule has 1 atom stereocenters. The van der Waals surface area contributed by atoms with Gasteiger partial charge < -0.3 is 9.51 Å². The maximum Gasteiger partial charge on any atom is 0.244 e. The van der Waals surface area contributed by atoms with Crippen molar-refractivity contribution < 1.29 is 4.52 Å². The number of H-pyrrole nitrogens is 1. The van der Waals surface area contributed by atoms with Gasteiger partial charge in [0.2, 0.25) is 11.7 Å². The maximum absolute atomic E-state index is 5.42. The number of imidazole rings is 1. The van der Waals surface area contributed by atoms with Crippen molar-refractivity contribution in [1.82, 2.24) is 25.4 Å². The van der Waals surface area contributed by atoms with Gasteiger partial charge in [-0.2, -0.15) is 4.98 Å². The first-order valence-electron chi connectivity index (χ1n) is 6.64. The van der Waals surface area contributed by atoms with Crippen molar-refractivity contribution in [3.8, 4) is 11.4 Å². The van der Waals surface area contributed by atoms with E-state index in [2.05, 4.69) is 41.4 Å². The molecule has 1 aliphatic heterocycles. The quantitative estimate of drug-likeness (QED) is 0.746. The molecule has 1 aromatic carbocycles. The minimum atomic E-state index is 0.00420. The third kappa shape index (κ3) is 2.28. The normalized spacial score (nSPS) is 17.7. The predicted molar refractivity (Wildman–Crippen MR) is 79.3 cm³/mol. The number of fused-ring (bicyclic) bond motifs is 1. The highest BCUT2D eigenvalue weighted by molar-refractivity contribution is 9.10. The molecule has 4 rings (SSSR count). The van der Waals surface area contributed by atoms with E-state index in [0.29, 0.717) is 11.7 Å². The second-order valence-electron chi connectivity index (χ2n) is 4.90. The minimum absolute atomic E-state index is 0.00420. The number of halogens is 1. The molecule has 2 N–H and O–H groups in total. The van der Waals surface area contributed by atoms with Crippen LogP contribution in [-0.4, -0.2) is 20.1 Å². The van der Waals surface area contributed by atoms with Crippen LogP contribution >= 0.6 is 15.9 Å². The molecule has 1 unspecified atom stereocenters. The highest BCUT2D eigenvalue weighted by Gasteiger charge is 2.26. The molecule has 6 nitrogen and oxygen atoms in total. The molecule has 2 aromatic heterocycles. The zero-order valence-corrected chi connectivity index (χ0v) is 12.6. The van der Waals surface area contributed by atoms with Crippen LogP contribution in [0.4, 0.5) is 0 Å². The highest BCUT2D eigenvalue weighted by atomic mass is 79.9. The molecule has 0 bridgehead atoms. The summed E-state index contributed by atoms with van der Waals surface area (Å²) in [5.41, 5.74) is 3.10. The van der Waals surface area contributed by atoms with Crippen LogP contribution in [0.2, 0.25) is 0 Å². The van der Waals surface area contributed by atoms with Gasteiger partial charge >= 0.3 is 0 Å². The number of hydrogen-bond donors (Lipinski definition) is 2. The Hall–Kier alpha value is -1.99. The van der Waals surface area contributed by atoms with E-state index in [-0.39, 0.29) is 6.04 Å². The van der Waals surface area contributed by atoms with Crippen molar-refractivity contribution >= 4 is 15.9 Å². The van der Waals surface area contributed by atoms with Gasteiger partial charge in [-0.15, -0.1) is 0 Å². The van der Waals surface area contributed by atoms with Crippen molar-refractivity contribution in [2.75, 3.05) is 0 Å². The summed E-state index contributed by atoms with van der Waals surface area (Å²) in [7, 11) is 0. The number of hydrogen-bond acceptors (Lipinski definition) is 5. The lowest BCUT2D eigenvalue weighted by atomic mass is 10.1. The Morgan fingerprint density at radius 1 is 1.29 bits per heavy atom. The summed E-state index contributed by atoms with van der Waals surface area (Å²) < 4.78 is 6.37. The van der Waals surface area contributed by atoms with E-state index in [1.165, 1.54) is 0 Å². The van der Waals surface area contributed by atoms with Gasteiger partial charge in [-0.3, -0.25) is 5.32 Å². The van der Waals surface area contributed by atoms with E-state index in [4.69, 9.17) is 4.52 Å². The highest BCUT2D eigenvalue weighted by Crippen LogP contribution is 2.28. The Balaban J connectivity index is 1.62. The van der Waals surface area contributed by atoms with Crippen LogP contribution in [0, 0.1) is 0 Å². The van der Waals surface area contributed by atoms with Gasteiger partial charge in [-0.05, 0) is 12.1 Å². The van der Waals surface area contributed by atoms with E-state index in [0.717, 1.165) is 34.4 Å². The second kappa shape index (κ2) is 5.09. The number of aromatic nitrogens is 4. The van der Waals surface area contributed by atoms with E-state index in [1.54, 1.807) is 6.33 Å². The largest absolute Gasteiger partial charge is 0.347 e. The lowest BCUT2D eigenvalue weighted by Crippen LogP contribution is -2.28. The van der Waals surface area contributed by atoms with Crippen LogP contribution in [0.15, 0.2) is 39.6 Å². The van der Waals surface area contributed by atoms with E-state index >= 15 is 0 Å². The van der Waals surface area contributed by atoms with Gasteiger partial charge in [-0.25, -0.2) is 4.98 Å². The monoisotopic (exact) mass is 345 g/mol. The Labute approximate surface area is 129 Å². The van der Waals surface area contributed by atoms with Crippen LogP contribution in [0.25, 0.3) is 11.4 Å². The summed E-state index contributed by atoms with van der Waals surface area (Å²) in [5, 5.41) is 7.46. The van der Waals surface area contributed by atoms with Crippen molar-refractivity contribution in [2.24, 2.45) is 0 Å². The van der Waals surface area contributed by atoms with Crippen molar-refractivity contribution in [3.05, 3.63) is 52.3 Å². The summed E-state index contributed by atoms with van der Waals surface area (Å²) in [4.78, 5) is 12.0. The van der Waals surface area contributed by atoms with Gasteiger partial charge in [0.05, 0.1) is 23.8 Å². The summed E-state index contributed by atoms with van der Waals surface area (Å²) in [6.07, 6.45) is 2.46. The predicted octanol–water partition coefficient (Wildman–Crippen LogP) is 2.61. The van der Waals surface area contributed by atoms with Crippen LogP contribution in [-0.2, 0) is 13.0 Å². The fraction of sp³-hybridized carbons (Fsp3) is 0.214. The Morgan fingerprint density at radius 2 is 2.19 bits per heavy atom. The summed E-state index contributed by atoms with van der Waals surface area (Å²) in [6, 6.07) is 7.82. The Bertz CT molecular complexity index is 781. The standard InChI is InChI=1S/C14H12BrN5O/c15-9-4-2-1-3-8(9)13-19-14(21-20-13)11-5-10-12(6-16-11)18-7-17-10/h1-4,7,11,16H,5-6H2,(H,17,18). The molecular weight excluding hydrogens is 334 g/mol. The molecule has 0 saturated carbocycles. The Morgan fingerprint density at radius 3 is 3.10 bits per heavy atom. The number of rotatable bonds is 2. The van der Waals surface area contributed by atoms with Crippen molar-refractivity contribution in [2.45, 2.75) is 19.0 Å². The summed E-state index contributed by atoms with van der Waals surface area (Å²) in [5.74, 6) is 1.18. The molecule has 106 valence electrons. The molecule has 7 heteroatoms. The van der Waals surface area contributed by atoms with Crippen LogP contribution in [0.5, 0.6) is 0 Å². The van der Waals surface area contributed by atoms with Gasteiger partial charge in [0, 0.05) is 23.0 Å². The number of benzene rings is 1. The van der Waals surface area contributed by atoms with Crippen LogP contribution in [0.1, 0.15) is 23.3 Å². The number of nitrogens with one attached hydrogen (secondary N) is 2. The molecule has 0 saturated heterocycles. The summed E-state index contributed by atoms with van der Waals surface area (Å²) >= 11 is 3.50. The molecule has 0 spiro atoms. The van der Waals surface area contributed by atoms with E-state index in [9.17, 15) is 0 Å². The molecule has 21 heavy (non-hydrogen) atoms. The fourth-order valence-corrected chi connectivity index (χ4v) is 2.93. The molecule has 0 radical (unpaired) electrons. The maximum atomic E-state index is 5.42. The smallest absolute Gasteiger partial charge is 0.244 e. The topological polar surface area (TPSA) is 79.6 Å². The minimum Gasteiger partial charge on any atom is -0.347 e. The molecule has 0 fully saturated rings. The lowest BCUT2D eigenvalue weighted by molar-refractivity contribution is 0.319.